The number of nitrogen functional groups attached to an aromatic ring is 1. The molecule has 0 aliphatic carbocycles. The van der Waals surface area contributed by atoms with Crippen LogP contribution in [0.1, 0.15) is 5.56 Å². The molecule has 0 amide bonds. The minimum Gasteiger partial charge on any atom is -0.393 e. The summed E-state index contributed by atoms with van der Waals surface area (Å²) in [6, 6.07) is 1.33. The minimum absolute atomic E-state index is 0.397. The van der Waals surface area contributed by atoms with E-state index in [2.05, 4.69) is 4.98 Å². The summed E-state index contributed by atoms with van der Waals surface area (Å²) in [6.07, 6.45) is -1.04. The van der Waals surface area contributed by atoms with Crippen molar-refractivity contribution in [2.75, 3.05) is 5.73 Å². The Morgan fingerprint density at radius 2 is 2.05 bits per heavy atom. The first-order valence-corrected chi connectivity index (χ1v) is 4.94. The lowest BCUT2D eigenvalue weighted by Crippen LogP contribution is -2.12. The summed E-state index contributed by atoms with van der Waals surface area (Å²) in [6.45, 7) is 0. The van der Waals surface area contributed by atoms with Gasteiger partial charge >= 0.3 is 6.18 Å². The molecule has 0 unspecified atom stereocenters. The number of hydrogen-bond acceptors (Lipinski definition) is 4. The van der Waals surface area contributed by atoms with Crippen LogP contribution in [0.4, 0.5) is 24.5 Å². The third-order valence-corrected chi connectivity index (χ3v) is 2.43. The molecule has 0 spiro atoms. The largest absolute Gasteiger partial charge is 0.418 e. The van der Waals surface area contributed by atoms with E-state index in [1.807, 2.05) is 0 Å². The van der Waals surface area contributed by atoms with Crippen molar-refractivity contribution in [3.63, 3.8) is 0 Å². The molecule has 2 rings (SSSR count). The fourth-order valence-electron chi connectivity index (χ4n) is 1.59. The normalized spacial score (nSPS) is 11.5. The van der Waals surface area contributed by atoms with Gasteiger partial charge in [-0.15, -0.1) is 0 Å². The molecule has 9 heteroatoms. The molecule has 2 aromatic rings. The molecule has 100 valence electrons. The Morgan fingerprint density at radius 1 is 1.37 bits per heavy atom. The van der Waals surface area contributed by atoms with Gasteiger partial charge in [0.1, 0.15) is 5.69 Å². The van der Waals surface area contributed by atoms with E-state index in [1.54, 1.807) is 0 Å². The molecule has 0 atom stereocenters. The minimum atomic E-state index is -4.68. The van der Waals surface area contributed by atoms with E-state index in [-0.39, 0.29) is 0 Å². The van der Waals surface area contributed by atoms with Crippen molar-refractivity contribution in [3.8, 4) is 5.69 Å². The maximum Gasteiger partial charge on any atom is 0.418 e. The van der Waals surface area contributed by atoms with Crippen LogP contribution in [0.3, 0.4) is 0 Å². The van der Waals surface area contributed by atoms with Crippen LogP contribution in [0.25, 0.3) is 5.69 Å². The van der Waals surface area contributed by atoms with Crippen molar-refractivity contribution in [1.82, 2.24) is 9.55 Å². The quantitative estimate of drug-likeness (QED) is 0.516. The molecule has 0 radical (unpaired) electrons. The average Bonchev–Trinajstić information content (AvgIpc) is 2.80. The van der Waals surface area contributed by atoms with Crippen LogP contribution >= 0.6 is 0 Å². The molecule has 6 nitrogen and oxygen atoms in total. The second kappa shape index (κ2) is 4.26. The number of nitrogens with zero attached hydrogens (tertiary/aromatic N) is 3. The number of nitro groups is 1. The Kier molecular flexibility index (Phi) is 2.89. The molecule has 0 saturated heterocycles. The zero-order valence-corrected chi connectivity index (χ0v) is 9.26. The van der Waals surface area contributed by atoms with Gasteiger partial charge in [-0.25, -0.2) is 4.98 Å². The van der Waals surface area contributed by atoms with E-state index in [4.69, 9.17) is 5.73 Å². The molecular formula is C10H7F3N4O2. The number of hydrogen-bond donors (Lipinski definition) is 1. The van der Waals surface area contributed by atoms with E-state index in [9.17, 15) is 23.3 Å². The van der Waals surface area contributed by atoms with Crippen LogP contribution in [-0.4, -0.2) is 14.5 Å². The number of benzene rings is 1. The fourth-order valence-corrected chi connectivity index (χ4v) is 1.59. The van der Waals surface area contributed by atoms with E-state index in [1.165, 1.54) is 12.4 Å². The smallest absolute Gasteiger partial charge is 0.393 e. The number of halogens is 3. The van der Waals surface area contributed by atoms with Gasteiger partial charge in [0.25, 0.3) is 5.69 Å². The van der Waals surface area contributed by atoms with Gasteiger partial charge in [-0.3, -0.25) is 10.1 Å². The predicted octanol–water partition coefficient (Wildman–Crippen LogP) is 2.38. The topological polar surface area (TPSA) is 87.0 Å². The molecule has 1 heterocycles. The van der Waals surface area contributed by atoms with Crippen molar-refractivity contribution >= 4 is 11.4 Å². The third kappa shape index (κ3) is 2.34. The molecule has 0 aliphatic heterocycles. The van der Waals surface area contributed by atoms with E-state index < -0.39 is 33.7 Å². The number of imidazole rings is 1. The molecular weight excluding hydrogens is 265 g/mol. The van der Waals surface area contributed by atoms with E-state index in [0.717, 1.165) is 17.0 Å². The lowest BCUT2D eigenvalue weighted by molar-refractivity contribution is -0.383. The number of nitrogens with two attached hydrogens (primary N) is 1. The Labute approximate surface area is 104 Å². The summed E-state index contributed by atoms with van der Waals surface area (Å²) in [5.41, 5.74) is 2.69. The lowest BCUT2D eigenvalue weighted by Gasteiger charge is -2.14. The highest BCUT2D eigenvalue weighted by Crippen LogP contribution is 2.38. The Bertz CT molecular complexity index is 622. The van der Waals surface area contributed by atoms with Gasteiger partial charge in [0.15, 0.2) is 0 Å². The first kappa shape index (κ1) is 12.9. The first-order chi connectivity index (χ1) is 8.80. The number of nitro benzene ring substituents is 1. The van der Waals surface area contributed by atoms with Crippen LogP contribution in [-0.2, 0) is 6.18 Å². The average molecular weight is 272 g/mol. The summed E-state index contributed by atoms with van der Waals surface area (Å²) < 4.78 is 39.7. The molecule has 1 aromatic heterocycles. The van der Waals surface area contributed by atoms with Gasteiger partial charge in [-0.1, -0.05) is 0 Å². The standard InChI is InChI=1S/C10H7F3N4O2/c11-10(12,13)6-3-7(14)9(17(18)19)4-8(6)16-2-1-15-5-16/h1-5H,14H2. The maximum atomic E-state index is 12.9. The Hall–Kier alpha value is -2.58. The van der Waals surface area contributed by atoms with Gasteiger partial charge in [-0.05, 0) is 6.07 Å². The third-order valence-electron chi connectivity index (χ3n) is 2.43. The van der Waals surface area contributed by atoms with Gasteiger partial charge in [0.05, 0.1) is 22.5 Å². The Morgan fingerprint density at radius 3 is 2.53 bits per heavy atom. The van der Waals surface area contributed by atoms with Crippen molar-refractivity contribution < 1.29 is 18.1 Å². The molecule has 0 aliphatic rings. The molecule has 2 N–H and O–H groups in total. The molecule has 19 heavy (non-hydrogen) atoms. The summed E-state index contributed by atoms with van der Waals surface area (Å²) in [5, 5.41) is 10.7. The van der Waals surface area contributed by atoms with Crippen LogP contribution in [0.2, 0.25) is 0 Å². The van der Waals surface area contributed by atoms with Crippen molar-refractivity contribution in [3.05, 3.63) is 46.5 Å². The van der Waals surface area contributed by atoms with Crippen molar-refractivity contribution in [1.29, 1.82) is 0 Å². The second-order valence-electron chi connectivity index (χ2n) is 3.65. The second-order valence-corrected chi connectivity index (χ2v) is 3.65. The monoisotopic (exact) mass is 272 g/mol. The molecule has 0 fully saturated rings. The highest BCUT2D eigenvalue weighted by atomic mass is 19.4. The lowest BCUT2D eigenvalue weighted by atomic mass is 10.1. The number of anilines is 1. The number of aromatic nitrogens is 2. The number of alkyl halides is 3. The zero-order valence-electron chi connectivity index (χ0n) is 9.26. The van der Waals surface area contributed by atoms with Crippen LogP contribution < -0.4 is 5.73 Å². The first-order valence-electron chi connectivity index (χ1n) is 4.94. The fraction of sp³-hybridized carbons (Fsp3) is 0.100. The van der Waals surface area contributed by atoms with Gasteiger partial charge in [0, 0.05) is 18.5 Å². The summed E-state index contributed by atoms with van der Waals surface area (Å²) in [5.74, 6) is 0. The van der Waals surface area contributed by atoms with E-state index >= 15 is 0 Å². The summed E-state index contributed by atoms with van der Waals surface area (Å²) in [4.78, 5) is 13.5. The predicted molar refractivity (Wildman–Crippen MR) is 59.6 cm³/mol. The van der Waals surface area contributed by atoms with Crippen LogP contribution in [0, 0.1) is 10.1 Å². The molecule has 1 aromatic carbocycles. The van der Waals surface area contributed by atoms with Crippen molar-refractivity contribution in [2.24, 2.45) is 0 Å². The summed E-state index contributed by atoms with van der Waals surface area (Å²) in [7, 11) is 0. The van der Waals surface area contributed by atoms with Gasteiger partial charge in [-0.2, -0.15) is 13.2 Å². The highest BCUT2D eigenvalue weighted by Gasteiger charge is 2.36. The Balaban J connectivity index is 2.74. The van der Waals surface area contributed by atoms with Gasteiger partial charge < -0.3 is 10.3 Å². The van der Waals surface area contributed by atoms with Gasteiger partial charge in [0.2, 0.25) is 0 Å². The van der Waals surface area contributed by atoms with Crippen molar-refractivity contribution in [2.45, 2.75) is 6.18 Å². The van der Waals surface area contributed by atoms with E-state index in [0.29, 0.717) is 6.07 Å². The molecule has 0 bridgehead atoms. The van der Waals surface area contributed by atoms with Crippen LogP contribution in [0.5, 0.6) is 0 Å². The maximum absolute atomic E-state index is 12.9. The molecule has 0 saturated carbocycles. The zero-order chi connectivity index (χ0) is 14.2. The highest BCUT2D eigenvalue weighted by molar-refractivity contribution is 5.66. The number of rotatable bonds is 2. The SMILES string of the molecule is Nc1cc(C(F)(F)F)c(-n2ccnc2)cc1[N+](=O)[O-]. The summed E-state index contributed by atoms with van der Waals surface area (Å²) >= 11 is 0. The van der Waals surface area contributed by atoms with Crippen LogP contribution in [0.15, 0.2) is 30.9 Å².